The van der Waals surface area contributed by atoms with Crippen LogP contribution in [-0.4, -0.2) is 23.5 Å². The summed E-state index contributed by atoms with van der Waals surface area (Å²) in [7, 11) is 0. The van der Waals surface area contributed by atoms with Crippen LogP contribution in [0.5, 0.6) is 5.75 Å². The molecule has 140 valence electrons. The number of ether oxygens (including phenoxy) is 1. The fraction of sp³-hybridized carbons (Fsp3) is 0.150. The average Bonchev–Trinajstić information content (AvgIpc) is 2.62. The van der Waals surface area contributed by atoms with E-state index in [0.29, 0.717) is 18.0 Å². The normalized spacial score (nSPS) is 10.3. The van der Waals surface area contributed by atoms with Crippen molar-refractivity contribution in [2.75, 3.05) is 17.2 Å². The van der Waals surface area contributed by atoms with Crippen molar-refractivity contribution in [3.63, 3.8) is 0 Å². The van der Waals surface area contributed by atoms with E-state index in [-0.39, 0.29) is 16.9 Å². The first kappa shape index (κ1) is 20.1. The molecule has 0 aromatic heterocycles. The maximum absolute atomic E-state index is 12.0. The second-order valence-corrected chi connectivity index (χ2v) is 5.95. The summed E-state index contributed by atoms with van der Waals surface area (Å²) in [4.78, 5) is 23.0. The van der Waals surface area contributed by atoms with Crippen LogP contribution in [0.2, 0.25) is 0 Å². The van der Waals surface area contributed by atoms with Crippen LogP contribution >= 0.6 is 12.2 Å². The fourth-order valence-corrected chi connectivity index (χ4v) is 2.39. The Morgan fingerprint density at radius 1 is 1.00 bits per heavy atom. The molecule has 2 aromatic carbocycles. The van der Waals surface area contributed by atoms with Crippen molar-refractivity contribution in [3.05, 3.63) is 60.2 Å². The Bertz CT molecular complexity index is 831. The van der Waals surface area contributed by atoms with E-state index in [1.165, 1.54) is 13.0 Å². The molecular weight excluding hydrogens is 362 g/mol. The van der Waals surface area contributed by atoms with Crippen molar-refractivity contribution in [2.24, 2.45) is 0 Å². The van der Waals surface area contributed by atoms with Gasteiger partial charge in [-0.2, -0.15) is 0 Å². The highest BCUT2D eigenvalue weighted by atomic mass is 32.1. The van der Waals surface area contributed by atoms with E-state index in [2.05, 4.69) is 16.0 Å². The number of hydrogen-bond donors (Lipinski definition) is 3. The summed E-state index contributed by atoms with van der Waals surface area (Å²) in [6, 6.07) is 14.4. The number of anilines is 2. The molecule has 6 nitrogen and oxygen atoms in total. The quantitative estimate of drug-likeness (QED) is 0.525. The second kappa shape index (κ2) is 10.1. The van der Waals surface area contributed by atoms with Crippen LogP contribution in [0.3, 0.4) is 0 Å². The van der Waals surface area contributed by atoms with Gasteiger partial charge in [0.2, 0.25) is 11.8 Å². The Balaban J connectivity index is 1.84. The monoisotopic (exact) mass is 383 g/mol. The number of carbonyl (C=O) groups excluding carboxylic acids is 2. The van der Waals surface area contributed by atoms with E-state index < -0.39 is 0 Å². The number of benzene rings is 2. The number of hydrogen-bond acceptors (Lipinski definition) is 4. The summed E-state index contributed by atoms with van der Waals surface area (Å²) in [5, 5.41) is 8.34. The zero-order valence-corrected chi connectivity index (χ0v) is 15.9. The highest BCUT2D eigenvalue weighted by molar-refractivity contribution is 7.80. The van der Waals surface area contributed by atoms with Gasteiger partial charge in [-0.05, 0) is 67.2 Å². The molecule has 0 bridgehead atoms. The molecule has 0 atom stereocenters. The molecule has 0 fully saturated rings. The molecular formula is C20H21N3O3S. The largest absolute Gasteiger partial charge is 0.494 e. The van der Waals surface area contributed by atoms with Gasteiger partial charge >= 0.3 is 0 Å². The summed E-state index contributed by atoms with van der Waals surface area (Å²) in [5.74, 6) is 0.308. The van der Waals surface area contributed by atoms with Gasteiger partial charge in [0.25, 0.3) is 0 Å². The molecule has 0 aliphatic carbocycles. The fourth-order valence-electron chi connectivity index (χ4n) is 2.17. The summed E-state index contributed by atoms with van der Waals surface area (Å²) < 4.78 is 5.37. The van der Waals surface area contributed by atoms with E-state index >= 15 is 0 Å². The zero-order valence-electron chi connectivity index (χ0n) is 15.1. The number of rotatable bonds is 6. The zero-order chi connectivity index (χ0) is 19.6. The number of carbonyl (C=O) groups is 2. The molecule has 0 spiro atoms. The highest BCUT2D eigenvalue weighted by Crippen LogP contribution is 2.14. The van der Waals surface area contributed by atoms with Crippen LogP contribution in [0.4, 0.5) is 11.4 Å². The van der Waals surface area contributed by atoms with Gasteiger partial charge in [-0.3, -0.25) is 14.9 Å². The molecule has 0 saturated heterocycles. The first-order valence-corrected chi connectivity index (χ1v) is 8.77. The minimum absolute atomic E-state index is 0.141. The molecule has 0 saturated carbocycles. The Morgan fingerprint density at radius 2 is 1.59 bits per heavy atom. The van der Waals surface area contributed by atoms with E-state index in [4.69, 9.17) is 17.0 Å². The van der Waals surface area contributed by atoms with Crippen LogP contribution in [0.25, 0.3) is 6.08 Å². The predicted octanol–water partition coefficient (Wildman–Crippen LogP) is 3.57. The third-order valence-electron chi connectivity index (χ3n) is 3.32. The lowest BCUT2D eigenvalue weighted by Crippen LogP contribution is -2.32. The maximum Gasteiger partial charge on any atom is 0.250 e. The van der Waals surface area contributed by atoms with Crippen molar-refractivity contribution in [1.82, 2.24) is 5.32 Å². The van der Waals surface area contributed by atoms with Crippen molar-refractivity contribution >= 4 is 46.6 Å². The van der Waals surface area contributed by atoms with Gasteiger partial charge in [0.15, 0.2) is 5.11 Å². The Hall–Kier alpha value is -3.19. The third kappa shape index (κ3) is 7.29. The van der Waals surface area contributed by atoms with Gasteiger partial charge in [-0.1, -0.05) is 12.1 Å². The standard InChI is InChI=1S/C20H21N3O3S/c1-3-26-18-11-4-15(5-12-18)6-13-19(25)23-20(27)22-17-9-7-16(8-10-17)21-14(2)24/h4-13H,3H2,1-2H3,(H,21,24)(H2,22,23,25,27)/b13-6+. The lowest BCUT2D eigenvalue weighted by Gasteiger charge is -2.09. The third-order valence-corrected chi connectivity index (χ3v) is 3.52. The van der Waals surface area contributed by atoms with Crippen molar-refractivity contribution in [2.45, 2.75) is 13.8 Å². The Morgan fingerprint density at radius 3 is 2.15 bits per heavy atom. The van der Waals surface area contributed by atoms with Gasteiger partial charge in [-0.15, -0.1) is 0 Å². The summed E-state index contributed by atoms with van der Waals surface area (Å²) >= 11 is 5.13. The molecule has 0 aliphatic heterocycles. The number of thiocarbonyl (C=S) groups is 1. The van der Waals surface area contributed by atoms with Gasteiger partial charge < -0.3 is 15.4 Å². The Labute approximate surface area is 163 Å². The lowest BCUT2D eigenvalue weighted by atomic mass is 10.2. The van der Waals surface area contributed by atoms with E-state index in [0.717, 1.165) is 11.3 Å². The number of amides is 2. The van der Waals surface area contributed by atoms with E-state index in [9.17, 15) is 9.59 Å². The summed E-state index contributed by atoms with van der Waals surface area (Å²) in [6.07, 6.45) is 3.10. The van der Waals surface area contributed by atoms with Crippen molar-refractivity contribution in [1.29, 1.82) is 0 Å². The highest BCUT2D eigenvalue weighted by Gasteiger charge is 2.02. The van der Waals surface area contributed by atoms with E-state index in [1.54, 1.807) is 30.3 Å². The van der Waals surface area contributed by atoms with Gasteiger partial charge in [0, 0.05) is 24.4 Å². The second-order valence-electron chi connectivity index (χ2n) is 5.54. The van der Waals surface area contributed by atoms with Crippen LogP contribution in [0, 0.1) is 0 Å². The first-order valence-electron chi connectivity index (χ1n) is 8.37. The van der Waals surface area contributed by atoms with Gasteiger partial charge in [0.05, 0.1) is 6.61 Å². The van der Waals surface area contributed by atoms with E-state index in [1.807, 2.05) is 31.2 Å². The molecule has 27 heavy (non-hydrogen) atoms. The number of nitrogens with one attached hydrogen (secondary N) is 3. The molecule has 2 rings (SSSR count). The average molecular weight is 383 g/mol. The van der Waals surface area contributed by atoms with Crippen LogP contribution < -0.4 is 20.7 Å². The van der Waals surface area contributed by atoms with Crippen molar-refractivity contribution in [3.8, 4) is 5.75 Å². The van der Waals surface area contributed by atoms with Gasteiger partial charge in [0.1, 0.15) is 5.75 Å². The maximum atomic E-state index is 12.0. The molecule has 7 heteroatoms. The van der Waals surface area contributed by atoms with Crippen LogP contribution in [0.15, 0.2) is 54.6 Å². The molecule has 2 amide bonds. The predicted molar refractivity (Wildman–Crippen MR) is 112 cm³/mol. The molecule has 0 unspecified atom stereocenters. The first-order chi connectivity index (χ1) is 13.0. The smallest absolute Gasteiger partial charge is 0.250 e. The summed E-state index contributed by atoms with van der Waals surface area (Å²) in [6.45, 7) is 3.97. The van der Waals surface area contributed by atoms with Crippen LogP contribution in [0.1, 0.15) is 19.4 Å². The topological polar surface area (TPSA) is 79.5 Å². The molecule has 0 heterocycles. The minimum atomic E-state index is -0.337. The lowest BCUT2D eigenvalue weighted by molar-refractivity contribution is -0.115. The Kier molecular flexibility index (Phi) is 7.51. The van der Waals surface area contributed by atoms with Crippen molar-refractivity contribution < 1.29 is 14.3 Å². The SMILES string of the molecule is CCOc1ccc(/C=C/C(=O)NC(=S)Nc2ccc(NC(C)=O)cc2)cc1. The molecule has 0 aliphatic rings. The summed E-state index contributed by atoms with van der Waals surface area (Å²) in [5.41, 5.74) is 2.26. The van der Waals surface area contributed by atoms with Crippen LogP contribution in [-0.2, 0) is 9.59 Å². The molecule has 3 N–H and O–H groups in total. The molecule has 0 radical (unpaired) electrons. The van der Waals surface area contributed by atoms with Gasteiger partial charge in [-0.25, -0.2) is 0 Å². The molecule has 2 aromatic rings. The minimum Gasteiger partial charge on any atom is -0.494 e.